The highest BCUT2D eigenvalue weighted by atomic mass is 127. The van der Waals surface area contributed by atoms with Crippen molar-refractivity contribution in [2.75, 3.05) is 27.2 Å². The van der Waals surface area contributed by atoms with Gasteiger partial charge in [-0.25, -0.2) is 0 Å². The van der Waals surface area contributed by atoms with Gasteiger partial charge in [-0.2, -0.15) is 0 Å². The summed E-state index contributed by atoms with van der Waals surface area (Å²) in [6.07, 6.45) is 6.50. The van der Waals surface area contributed by atoms with Crippen LogP contribution in [-0.2, 0) is 25.8 Å². The van der Waals surface area contributed by atoms with E-state index in [9.17, 15) is 0 Å². The van der Waals surface area contributed by atoms with Crippen molar-refractivity contribution in [2.45, 2.75) is 45.1 Å². The number of fused-ring (bicyclic) bond motifs is 1. The van der Waals surface area contributed by atoms with Crippen LogP contribution in [-0.4, -0.2) is 48.0 Å². The minimum atomic E-state index is 0. The number of aromatic nitrogens is 3. The molecule has 28 heavy (non-hydrogen) atoms. The van der Waals surface area contributed by atoms with Gasteiger partial charge in [-0.1, -0.05) is 24.6 Å². The predicted octanol–water partition coefficient (Wildman–Crippen LogP) is 2.58. The molecule has 0 fully saturated rings. The molecule has 0 spiro atoms. The number of rotatable bonds is 7. The molecule has 0 radical (unpaired) electrons. The average molecular weight is 498 g/mol. The summed E-state index contributed by atoms with van der Waals surface area (Å²) in [5.74, 6) is 3.95. The summed E-state index contributed by atoms with van der Waals surface area (Å²) in [4.78, 5) is 4.30. The van der Waals surface area contributed by atoms with E-state index in [2.05, 4.69) is 36.5 Å². The Balaban J connectivity index is 0.00000280. The van der Waals surface area contributed by atoms with Crippen LogP contribution in [0.25, 0.3) is 0 Å². The molecule has 0 aliphatic carbocycles. The van der Waals surface area contributed by atoms with Crippen molar-refractivity contribution >= 4 is 29.9 Å². The zero-order chi connectivity index (χ0) is 18.9. The molecule has 1 aliphatic rings. The molecule has 7 nitrogen and oxygen atoms in total. The molecule has 2 N–H and O–H groups in total. The normalized spacial score (nSPS) is 13.9. The van der Waals surface area contributed by atoms with Crippen LogP contribution in [0, 0.1) is 0 Å². The molecule has 154 valence electrons. The van der Waals surface area contributed by atoms with E-state index < -0.39 is 0 Å². The van der Waals surface area contributed by atoms with E-state index in [-0.39, 0.29) is 24.0 Å². The summed E-state index contributed by atoms with van der Waals surface area (Å²) in [6, 6.07) is 8.10. The maximum Gasteiger partial charge on any atom is 0.191 e. The lowest BCUT2D eigenvalue weighted by Crippen LogP contribution is -2.39. The van der Waals surface area contributed by atoms with Crippen LogP contribution < -0.4 is 15.4 Å². The van der Waals surface area contributed by atoms with Gasteiger partial charge in [0.2, 0.25) is 0 Å². The summed E-state index contributed by atoms with van der Waals surface area (Å²) in [6.45, 7) is 2.62. The summed E-state index contributed by atoms with van der Waals surface area (Å²) < 4.78 is 7.70. The average Bonchev–Trinajstić information content (AvgIpc) is 2.93. The Morgan fingerprint density at radius 3 is 2.68 bits per heavy atom. The Hall–Kier alpha value is -1.84. The molecule has 0 saturated heterocycles. The fourth-order valence-corrected chi connectivity index (χ4v) is 3.47. The molecular weight excluding hydrogens is 467 g/mol. The lowest BCUT2D eigenvalue weighted by Gasteiger charge is -2.13. The van der Waals surface area contributed by atoms with Crippen LogP contribution in [0.1, 0.15) is 36.5 Å². The number of nitrogens with zero attached hydrogens (tertiary/aromatic N) is 4. The molecule has 0 atom stereocenters. The quantitative estimate of drug-likeness (QED) is 0.349. The van der Waals surface area contributed by atoms with E-state index in [4.69, 9.17) is 4.74 Å². The van der Waals surface area contributed by atoms with Gasteiger partial charge in [0.1, 0.15) is 17.4 Å². The van der Waals surface area contributed by atoms with Crippen molar-refractivity contribution in [2.24, 2.45) is 4.99 Å². The first-order valence-electron chi connectivity index (χ1n) is 9.79. The third kappa shape index (κ3) is 6.08. The Labute approximate surface area is 184 Å². The molecule has 2 aromatic rings. The Kier molecular flexibility index (Phi) is 9.52. The summed E-state index contributed by atoms with van der Waals surface area (Å²) in [7, 11) is 3.50. The fraction of sp³-hybridized carbons (Fsp3) is 0.550. The highest BCUT2D eigenvalue weighted by Gasteiger charge is 2.14. The Morgan fingerprint density at radius 2 is 1.89 bits per heavy atom. The molecule has 2 heterocycles. The maximum absolute atomic E-state index is 5.40. The van der Waals surface area contributed by atoms with E-state index in [0.29, 0.717) is 0 Å². The van der Waals surface area contributed by atoms with Gasteiger partial charge in [-0.15, -0.1) is 34.2 Å². The fourth-order valence-electron chi connectivity index (χ4n) is 3.47. The van der Waals surface area contributed by atoms with E-state index in [1.54, 1.807) is 14.2 Å². The standard InChI is InChI=1S/C20H30N6O.HI/c1-21-20(22-13-11-16-8-5-6-9-17(16)27-2)23-14-12-19-25-24-18-10-4-3-7-15-26(18)19;/h5-6,8-9H,3-4,7,10-15H2,1-2H3,(H2,21,22,23);1H. The Morgan fingerprint density at radius 1 is 1.11 bits per heavy atom. The van der Waals surface area contributed by atoms with Crippen LogP contribution in [0.4, 0.5) is 0 Å². The molecule has 0 bridgehead atoms. The molecule has 8 heteroatoms. The number of benzene rings is 1. The summed E-state index contributed by atoms with van der Waals surface area (Å²) >= 11 is 0. The van der Waals surface area contributed by atoms with Gasteiger partial charge >= 0.3 is 0 Å². The van der Waals surface area contributed by atoms with E-state index in [0.717, 1.165) is 62.3 Å². The third-order valence-electron chi connectivity index (χ3n) is 4.93. The number of aliphatic imine (C=N–C) groups is 1. The summed E-state index contributed by atoms with van der Waals surface area (Å²) in [5.41, 5.74) is 1.19. The molecule has 1 aromatic carbocycles. The largest absolute Gasteiger partial charge is 0.496 e. The van der Waals surface area contributed by atoms with Crippen LogP contribution in [0.15, 0.2) is 29.3 Å². The van der Waals surface area contributed by atoms with Crippen LogP contribution in [0.2, 0.25) is 0 Å². The van der Waals surface area contributed by atoms with Crippen molar-refractivity contribution < 1.29 is 4.74 Å². The predicted molar refractivity (Wildman–Crippen MR) is 123 cm³/mol. The zero-order valence-electron chi connectivity index (χ0n) is 16.8. The first-order valence-corrected chi connectivity index (χ1v) is 9.79. The van der Waals surface area contributed by atoms with Crippen molar-refractivity contribution in [3.63, 3.8) is 0 Å². The van der Waals surface area contributed by atoms with Crippen molar-refractivity contribution in [1.29, 1.82) is 0 Å². The molecule has 0 saturated carbocycles. The minimum Gasteiger partial charge on any atom is -0.496 e. The topological polar surface area (TPSA) is 76.4 Å². The minimum absolute atomic E-state index is 0. The van der Waals surface area contributed by atoms with Gasteiger partial charge in [0.05, 0.1) is 7.11 Å². The number of hydrogen-bond acceptors (Lipinski definition) is 4. The van der Waals surface area contributed by atoms with Gasteiger partial charge in [0.25, 0.3) is 0 Å². The van der Waals surface area contributed by atoms with E-state index in [1.165, 1.54) is 24.8 Å². The third-order valence-corrected chi connectivity index (χ3v) is 4.93. The maximum atomic E-state index is 5.40. The lowest BCUT2D eigenvalue weighted by molar-refractivity contribution is 0.409. The number of guanidine groups is 1. The first kappa shape index (κ1) is 22.4. The number of methoxy groups -OCH3 is 1. The SMILES string of the molecule is CN=C(NCCc1ccccc1OC)NCCc1nnc2n1CCCCC2.I. The number of hydrogen-bond donors (Lipinski definition) is 2. The van der Waals surface area contributed by atoms with Crippen LogP contribution in [0.3, 0.4) is 0 Å². The molecule has 0 amide bonds. The lowest BCUT2D eigenvalue weighted by atomic mass is 10.1. The van der Waals surface area contributed by atoms with Gasteiger partial charge in [-0.05, 0) is 30.9 Å². The van der Waals surface area contributed by atoms with Crippen LogP contribution >= 0.6 is 24.0 Å². The van der Waals surface area contributed by atoms with E-state index >= 15 is 0 Å². The van der Waals surface area contributed by atoms with Crippen molar-refractivity contribution in [3.8, 4) is 5.75 Å². The first-order chi connectivity index (χ1) is 13.3. The Bertz CT molecular complexity index is 761. The second kappa shape index (κ2) is 11.9. The highest BCUT2D eigenvalue weighted by Crippen LogP contribution is 2.17. The van der Waals surface area contributed by atoms with E-state index in [1.807, 2.05) is 18.2 Å². The molecule has 0 unspecified atom stereocenters. The molecule has 3 rings (SSSR count). The van der Waals surface area contributed by atoms with Gasteiger partial charge in [-0.3, -0.25) is 4.99 Å². The monoisotopic (exact) mass is 498 g/mol. The number of nitrogens with one attached hydrogen (secondary N) is 2. The number of aryl methyl sites for hydroxylation is 1. The number of ether oxygens (including phenoxy) is 1. The van der Waals surface area contributed by atoms with Crippen molar-refractivity contribution in [1.82, 2.24) is 25.4 Å². The van der Waals surface area contributed by atoms with Crippen molar-refractivity contribution in [3.05, 3.63) is 41.5 Å². The van der Waals surface area contributed by atoms with Gasteiger partial charge in [0.15, 0.2) is 5.96 Å². The summed E-state index contributed by atoms with van der Waals surface area (Å²) in [5, 5.41) is 15.5. The molecule has 1 aliphatic heterocycles. The van der Waals surface area contributed by atoms with Crippen LogP contribution in [0.5, 0.6) is 5.75 Å². The number of para-hydroxylation sites is 1. The second-order valence-corrected chi connectivity index (χ2v) is 6.73. The van der Waals surface area contributed by atoms with Gasteiger partial charge < -0.3 is 19.9 Å². The van der Waals surface area contributed by atoms with Gasteiger partial charge in [0, 0.05) is 39.5 Å². The zero-order valence-corrected chi connectivity index (χ0v) is 19.1. The smallest absolute Gasteiger partial charge is 0.191 e. The number of halogens is 1. The highest BCUT2D eigenvalue weighted by molar-refractivity contribution is 14.0. The second-order valence-electron chi connectivity index (χ2n) is 6.73. The molecular formula is C20H31IN6O. The molecule has 1 aromatic heterocycles.